The van der Waals surface area contributed by atoms with Gasteiger partial charge in [-0.05, 0) is 17.7 Å². The van der Waals surface area contributed by atoms with E-state index in [1.54, 1.807) is 18.2 Å². The summed E-state index contributed by atoms with van der Waals surface area (Å²) in [7, 11) is 0. The number of nitrogens with two attached hydrogens (primary N) is 1. The average molecular weight is 240 g/mol. The maximum absolute atomic E-state index is 12.2. The van der Waals surface area contributed by atoms with Crippen LogP contribution < -0.4 is 5.73 Å². The van der Waals surface area contributed by atoms with Gasteiger partial charge >= 0.3 is 6.18 Å². The van der Waals surface area contributed by atoms with Crippen LogP contribution in [0.15, 0.2) is 36.5 Å². The molecule has 0 bridgehead atoms. The second kappa shape index (κ2) is 4.33. The van der Waals surface area contributed by atoms with Gasteiger partial charge in [0.2, 0.25) is 0 Å². The number of hydrogen-bond acceptors (Lipinski definition) is 2. The molecule has 0 radical (unpaired) electrons. The average Bonchev–Trinajstić information content (AvgIpc) is 2.26. The van der Waals surface area contributed by atoms with Crippen LogP contribution in [-0.2, 0) is 0 Å². The van der Waals surface area contributed by atoms with E-state index < -0.39 is 18.6 Å². The summed E-state index contributed by atoms with van der Waals surface area (Å²) in [6, 6.07) is 7.82. The van der Waals surface area contributed by atoms with Crippen molar-refractivity contribution in [2.24, 2.45) is 5.73 Å². The van der Waals surface area contributed by atoms with E-state index in [4.69, 9.17) is 5.73 Å². The Kier molecular flexibility index (Phi) is 3.02. The SMILES string of the molecule is NC(CC(F)(F)F)c1cnc2ccccc2c1. The van der Waals surface area contributed by atoms with Gasteiger partial charge < -0.3 is 5.73 Å². The molecule has 5 heteroatoms. The molecule has 1 heterocycles. The molecular formula is C12H11F3N2. The molecule has 1 aromatic heterocycles. The Balaban J connectivity index is 2.30. The van der Waals surface area contributed by atoms with Gasteiger partial charge in [-0.15, -0.1) is 0 Å². The summed E-state index contributed by atoms with van der Waals surface area (Å²) in [4.78, 5) is 4.08. The second-order valence-electron chi connectivity index (χ2n) is 3.89. The molecule has 2 nitrogen and oxygen atoms in total. The minimum absolute atomic E-state index is 0.404. The van der Waals surface area contributed by atoms with E-state index >= 15 is 0 Å². The van der Waals surface area contributed by atoms with Crippen molar-refractivity contribution in [3.63, 3.8) is 0 Å². The van der Waals surface area contributed by atoms with Crippen LogP contribution in [-0.4, -0.2) is 11.2 Å². The van der Waals surface area contributed by atoms with E-state index in [0.717, 1.165) is 10.9 Å². The Morgan fingerprint density at radius 2 is 1.94 bits per heavy atom. The highest BCUT2D eigenvalue weighted by Gasteiger charge is 2.31. The molecule has 0 fully saturated rings. The number of rotatable bonds is 2. The van der Waals surface area contributed by atoms with E-state index in [0.29, 0.717) is 5.56 Å². The summed E-state index contributed by atoms with van der Waals surface area (Å²) in [5.74, 6) is 0. The second-order valence-corrected chi connectivity index (χ2v) is 3.89. The monoisotopic (exact) mass is 240 g/mol. The number of nitrogens with zero attached hydrogens (tertiary/aromatic N) is 1. The van der Waals surface area contributed by atoms with E-state index in [9.17, 15) is 13.2 Å². The fraction of sp³-hybridized carbons (Fsp3) is 0.250. The predicted molar refractivity (Wildman–Crippen MR) is 59.3 cm³/mol. The van der Waals surface area contributed by atoms with Gasteiger partial charge in [-0.1, -0.05) is 18.2 Å². The summed E-state index contributed by atoms with van der Waals surface area (Å²) < 4.78 is 36.6. The summed E-state index contributed by atoms with van der Waals surface area (Å²) in [5, 5.41) is 0.794. The Morgan fingerprint density at radius 3 is 2.65 bits per heavy atom. The first-order chi connectivity index (χ1) is 7.96. The largest absolute Gasteiger partial charge is 0.390 e. The fourth-order valence-corrected chi connectivity index (χ4v) is 1.66. The van der Waals surface area contributed by atoms with Crippen LogP contribution >= 0.6 is 0 Å². The predicted octanol–water partition coefficient (Wildman–Crippen LogP) is 3.19. The molecule has 0 aliphatic rings. The van der Waals surface area contributed by atoms with Crippen molar-refractivity contribution in [2.75, 3.05) is 0 Å². The molecule has 2 aromatic rings. The van der Waals surface area contributed by atoms with E-state index in [1.807, 2.05) is 12.1 Å². The number of pyridine rings is 1. The van der Waals surface area contributed by atoms with Crippen molar-refractivity contribution in [2.45, 2.75) is 18.6 Å². The lowest BCUT2D eigenvalue weighted by Crippen LogP contribution is -2.20. The van der Waals surface area contributed by atoms with Gasteiger partial charge in [0.15, 0.2) is 0 Å². The van der Waals surface area contributed by atoms with E-state index in [1.165, 1.54) is 6.20 Å². The molecule has 90 valence electrons. The zero-order chi connectivity index (χ0) is 12.5. The Bertz CT molecular complexity index is 522. The number of benzene rings is 1. The molecule has 1 aromatic carbocycles. The number of alkyl halides is 3. The van der Waals surface area contributed by atoms with Gasteiger partial charge in [0.05, 0.1) is 11.9 Å². The highest BCUT2D eigenvalue weighted by Crippen LogP contribution is 2.28. The van der Waals surface area contributed by atoms with Gasteiger partial charge in [0, 0.05) is 17.6 Å². The number of aromatic nitrogens is 1. The van der Waals surface area contributed by atoms with Crippen molar-refractivity contribution < 1.29 is 13.2 Å². The number of para-hydroxylation sites is 1. The van der Waals surface area contributed by atoms with Crippen LogP contribution in [0.5, 0.6) is 0 Å². The lowest BCUT2D eigenvalue weighted by atomic mass is 10.0. The first-order valence-electron chi connectivity index (χ1n) is 5.13. The number of fused-ring (bicyclic) bond motifs is 1. The summed E-state index contributed by atoms with van der Waals surface area (Å²) >= 11 is 0. The van der Waals surface area contributed by atoms with Crippen molar-refractivity contribution >= 4 is 10.9 Å². The maximum atomic E-state index is 12.2. The third-order valence-corrected chi connectivity index (χ3v) is 2.49. The lowest BCUT2D eigenvalue weighted by Gasteiger charge is -2.14. The van der Waals surface area contributed by atoms with E-state index in [2.05, 4.69) is 4.98 Å². The van der Waals surface area contributed by atoms with Crippen LogP contribution in [0.4, 0.5) is 13.2 Å². The van der Waals surface area contributed by atoms with Crippen LogP contribution in [0.3, 0.4) is 0 Å². The van der Waals surface area contributed by atoms with Crippen LogP contribution in [0.25, 0.3) is 10.9 Å². The summed E-state index contributed by atoms with van der Waals surface area (Å²) in [6.07, 6.45) is -3.89. The van der Waals surface area contributed by atoms with Gasteiger partial charge in [-0.25, -0.2) is 0 Å². The van der Waals surface area contributed by atoms with Crippen molar-refractivity contribution in [3.05, 3.63) is 42.1 Å². The fourth-order valence-electron chi connectivity index (χ4n) is 1.66. The zero-order valence-corrected chi connectivity index (χ0v) is 8.91. The van der Waals surface area contributed by atoms with E-state index in [-0.39, 0.29) is 0 Å². The Morgan fingerprint density at radius 1 is 1.24 bits per heavy atom. The Hall–Kier alpha value is -1.62. The highest BCUT2D eigenvalue weighted by molar-refractivity contribution is 5.78. The maximum Gasteiger partial charge on any atom is 0.390 e. The number of hydrogen-bond donors (Lipinski definition) is 1. The van der Waals surface area contributed by atoms with Gasteiger partial charge in [-0.3, -0.25) is 4.98 Å². The molecule has 0 amide bonds. The van der Waals surface area contributed by atoms with Crippen LogP contribution in [0.2, 0.25) is 0 Å². The standard InChI is InChI=1S/C12H11F3N2/c13-12(14,15)6-10(16)9-5-8-3-1-2-4-11(8)17-7-9/h1-5,7,10H,6,16H2. The summed E-state index contributed by atoms with van der Waals surface area (Å²) in [6.45, 7) is 0. The molecule has 0 aliphatic heterocycles. The quantitative estimate of drug-likeness (QED) is 0.875. The molecular weight excluding hydrogens is 229 g/mol. The lowest BCUT2D eigenvalue weighted by molar-refractivity contribution is -0.138. The van der Waals surface area contributed by atoms with Gasteiger partial charge in [0.25, 0.3) is 0 Å². The Labute approximate surface area is 96.3 Å². The van der Waals surface area contributed by atoms with Crippen LogP contribution in [0, 0.1) is 0 Å². The van der Waals surface area contributed by atoms with Gasteiger partial charge in [0.1, 0.15) is 0 Å². The molecule has 0 saturated heterocycles. The first kappa shape index (κ1) is 11.9. The normalized spacial score (nSPS) is 13.9. The molecule has 2 rings (SSSR count). The molecule has 2 N–H and O–H groups in total. The highest BCUT2D eigenvalue weighted by atomic mass is 19.4. The van der Waals surface area contributed by atoms with Crippen molar-refractivity contribution in [3.8, 4) is 0 Å². The smallest absolute Gasteiger partial charge is 0.324 e. The molecule has 0 aliphatic carbocycles. The molecule has 0 spiro atoms. The molecule has 0 saturated carbocycles. The zero-order valence-electron chi connectivity index (χ0n) is 8.91. The summed E-state index contributed by atoms with van der Waals surface area (Å²) in [5.41, 5.74) is 6.66. The minimum Gasteiger partial charge on any atom is -0.324 e. The van der Waals surface area contributed by atoms with Crippen molar-refractivity contribution in [1.29, 1.82) is 0 Å². The van der Waals surface area contributed by atoms with Crippen LogP contribution in [0.1, 0.15) is 18.0 Å². The molecule has 17 heavy (non-hydrogen) atoms. The molecule has 1 unspecified atom stereocenters. The van der Waals surface area contributed by atoms with Gasteiger partial charge in [-0.2, -0.15) is 13.2 Å². The minimum atomic E-state index is -4.26. The third-order valence-electron chi connectivity index (χ3n) is 2.49. The topological polar surface area (TPSA) is 38.9 Å². The molecule has 1 atom stereocenters. The first-order valence-corrected chi connectivity index (χ1v) is 5.13. The number of halogens is 3. The van der Waals surface area contributed by atoms with Crippen molar-refractivity contribution in [1.82, 2.24) is 4.98 Å². The third kappa shape index (κ3) is 2.94.